The van der Waals surface area contributed by atoms with Crippen LogP contribution in [0.3, 0.4) is 0 Å². The second-order valence-corrected chi connectivity index (χ2v) is 4.64. The number of benzene rings is 1. The van der Waals surface area contributed by atoms with Gasteiger partial charge in [0.25, 0.3) is 0 Å². The summed E-state index contributed by atoms with van der Waals surface area (Å²) in [5.74, 6) is 0.576. The summed E-state index contributed by atoms with van der Waals surface area (Å²) in [7, 11) is 0. The Hall–Kier alpha value is -0.870. The largest absolute Gasteiger partial charge is 0.249 e. The van der Waals surface area contributed by atoms with E-state index in [1.807, 2.05) is 11.4 Å². The lowest BCUT2D eigenvalue weighted by Gasteiger charge is -1.99. The molecule has 14 heavy (non-hydrogen) atoms. The molecule has 0 saturated heterocycles. The third-order valence-corrected chi connectivity index (χ3v) is 3.69. The summed E-state index contributed by atoms with van der Waals surface area (Å²) < 4.78 is 13.2. The van der Waals surface area contributed by atoms with Crippen LogP contribution < -0.4 is 0 Å². The molecule has 0 bridgehead atoms. The molecule has 0 radical (unpaired) electrons. The first kappa shape index (κ1) is 9.68. The van der Waals surface area contributed by atoms with Crippen molar-refractivity contribution in [3.05, 3.63) is 46.7 Å². The minimum Gasteiger partial charge on any atom is -0.249 e. The van der Waals surface area contributed by atoms with E-state index in [4.69, 9.17) is 0 Å². The molecule has 0 aliphatic carbocycles. The van der Waals surface area contributed by atoms with Crippen molar-refractivity contribution in [1.29, 1.82) is 0 Å². The highest BCUT2D eigenvalue weighted by atomic mass is 32.2. The van der Waals surface area contributed by atoms with Gasteiger partial charge in [0, 0.05) is 16.5 Å². The summed E-state index contributed by atoms with van der Waals surface area (Å²) in [6.45, 7) is 0. The van der Waals surface area contributed by atoms with Crippen LogP contribution in [0.25, 0.3) is 0 Å². The molecule has 4 heteroatoms. The molecule has 72 valence electrons. The summed E-state index contributed by atoms with van der Waals surface area (Å²) in [6.07, 6.45) is 1.77. The Morgan fingerprint density at radius 3 is 2.93 bits per heavy atom. The van der Waals surface area contributed by atoms with Gasteiger partial charge in [0.1, 0.15) is 10.8 Å². The Balaban J connectivity index is 2.02. The van der Waals surface area contributed by atoms with Gasteiger partial charge in [0.2, 0.25) is 0 Å². The summed E-state index contributed by atoms with van der Waals surface area (Å²) in [6, 6.07) is 6.80. The lowest BCUT2D eigenvalue weighted by Crippen LogP contribution is -1.81. The van der Waals surface area contributed by atoms with E-state index in [-0.39, 0.29) is 5.82 Å². The Morgan fingerprint density at radius 1 is 1.36 bits per heavy atom. The van der Waals surface area contributed by atoms with E-state index < -0.39 is 0 Å². The van der Waals surface area contributed by atoms with Crippen molar-refractivity contribution < 1.29 is 4.39 Å². The van der Waals surface area contributed by atoms with Crippen LogP contribution in [0.4, 0.5) is 4.39 Å². The Bertz CT molecular complexity index is 400. The fourth-order valence-electron chi connectivity index (χ4n) is 1.03. The number of thiazole rings is 1. The van der Waals surface area contributed by atoms with Crippen molar-refractivity contribution in [1.82, 2.24) is 4.98 Å². The lowest BCUT2D eigenvalue weighted by molar-refractivity contribution is 0.602. The molecule has 0 saturated carbocycles. The molecule has 0 fully saturated rings. The Labute approximate surface area is 90.0 Å². The first-order valence-corrected chi connectivity index (χ1v) is 5.98. The van der Waals surface area contributed by atoms with Gasteiger partial charge in [-0.05, 0) is 12.1 Å². The molecule has 0 aliphatic heterocycles. The average Bonchev–Trinajstić information content (AvgIpc) is 2.69. The second kappa shape index (κ2) is 4.57. The Kier molecular flexibility index (Phi) is 3.16. The average molecular weight is 225 g/mol. The monoisotopic (exact) mass is 225 g/mol. The first-order valence-electron chi connectivity index (χ1n) is 4.12. The third-order valence-electron chi connectivity index (χ3n) is 1.67. The maximum absolute atomic E-state index is 13.2. The van der Waals surface area contributed by atoms with E-state index in [1.165, 1.54) is 17.8 Å². The Morgan fingerprint density at radius 2 is 2.21 bits per heavy atom. The van der Waals surface area contributed by atoms with Gasteiger partial charge in [-0.1, -0.05) is 12.1 Å². The highest BCUT2D eigenvalue weighted by Gasteiger charge is 2.02. The van der Waals surface area contributed by atoms with Gasteiger partial charge >= 0.3 is 0 Å². The van der Waals surface area contributed by atoms with E-state index in [0.29, 0.717) is 4.90 Å². The molecule has 2 rings (SSSR count). The van der Waals surface area contributed by atoms with E-state index in [9.17, 15) is 4.39 Å². The molecule has 1 aromatic heterocycles. The molecule has 0 N–H and O–H groups in total. The van der Waals surface area contributed by atoms with Crippen LogP contribution in [0.15, 0.2) is 40.7 Å². The van der Waals surface area contributed by atoms with Crippen LogP contribution in [0, 0.1) is 5.82 Å². The molecule has 0 atom stereocenters. The van der Waals surface area contributed by atoms with Crippen molar-refractivity contribution >= 4 is 23.1 Å². The predicted octanol–water partition coefficient (Wildman–Crippen LogP) is 3.57. The van der Waals surface area contributed by atoms with Crippen LogP contribution in [0.2, 0.25) is 0 Å². The summed E-state index contributed by atoms with van der Waals surface area (Å²) in [5, 5.41) is 2.95. The fraction of sp³-hybridized carbons (Fsp3) is 0.100. The topological polar surface area (TPSA) is 12.9 Å². The zero-order chi connectivity index (χ0) is 9.80. The van der Waals surface area contributed by atoms with Crippen LogP contribution in [-0.4, -0.2) is 4.98 Å². The standard InChI is InChI=1S/C10H8FNS2/c11-8-3-1-2-4-9(8)14-7-10-12-5-6-13-10/h1-6H,7H2. The maximum atomic E-state index is 13.2. The molecule has 2 aromatic rings. The molecular weight excluding hydrogens is 217 g/mol. The van der Waals surface area contributed by atoms with Gasteiger partial charge in [0.15, 0.2) is 0 Å². The van der Waals surface area contributed by atoms with Gasteiger partial charge in [-0.25, -0.2) is 9.37 Å². The number of aromatic nitrogens is 1. The van der Waals surface area contributed by atoms with Crippen LogP contribution in [-0.2, 0) is 5.75 Å². The minimum atomic E-state index is -0.158. The van der Waals surface area contributed by atoms with Gasteiger partial charge in [-0.15, -0.1) is 23.1 Å². The molecule has 1 nitrogen and oxygen atoms in total. The SMILES string of the molecule is Fc1ccccc1SCc1nccs1. The summed E-state index contributed by atoms with van der Waals surface area (Å²) >= 11 is 3.07. The zero-order valence-corrected chi connectivity index (χ0v) is 8.95. The van der Waals surface area contributed by atoms with Crippen LogP contribution in [0.1, 0.15) is 5.01 Å². The molecule has 1 heterocycles. The van der Waals surface area contributed by atoms with E-state index >= 15 is 0 Å². The van der Waals surface area contributed by atoms with Gasteiger partial charge in [-0.3, -0.25) is 0 Å². The number of hydrogen-bond acceptors (Lipinski definition) is 3. The van der Waals surface area contributed by atoms with Crippen molar-refractivity contribution in [3.8, 4) is 0 Å². The molecule has 1 aromatic carbocycles. The number of hydrogen-bond donors (Lipinski definition) is 0. The predicted molar refractivity (Wildman–Crippen MR) is 58.1 cm³/mol. The fourth-order valence-corrected chi connectivity index (χ4v) is 2.61. The molecule has 0 aliphatic rings. The van der Waals surface area contributed by atoms with Crippen molar-refractivity contribution in [3.63, 3.8) is 0 Å². The highest BCUT2D eigenvalue weighted by molar-refractivity contribution is 7.98. The molecule has 0 spiro atoms. The van der Waals surface area contributed by atoms with Crippen molar-refractivity contribution in [2.24, 2.45) is 0 Å². The second-order valence-electron chi connectivity index (χ2n) is 2.64. The van der Waals surface area contributed by atoms with Crippen LogP contribution >= 0.6 is 23.1 Å². The number of nitrogens with zero attached hydrogens (tertiary/aromatic N) is 1. The first-order chi connectivity index (χ1) is 6.86. The molecular formula is C10H8FNS2. The normalized spacial score (nSPS) is 10.4. The van der Waals surface area contributed by atoms with Gasteiger partial charge < -0.3 is 0 Å². The zero-order valence-electron chi connectivity index (χ0n) is 7.31. The van der Waals surface area contributed by atoms with E-state index in [1.54, 1.807) is 29.7 Å². The van der Waals surface area contributed by atoms with E-state index in [0.717, 1.165) is 10.8 Å². The highest BCUT2D eigenvalue weighted by Crippen LogP contribution is 2.25. The number of thioether (sulfide) groups is 1. The van der Waals surface area contributed by atoms with Crippen LogP contribution in [0.5, 0.6) is 0 Å². The quantitative estimate of drug-likeness (QED) is 0.741. The number of rotatable bonds is 3. The molecule has 0 unspecified atom stereocenters. The molecule has 0 amide bonds. The van der Waals surface area contributed by atoms with E-state index in [2.05, 4.69) is 4.98 Å². The number of halogens is 1. The minimum absolute atomic E-state index is 0.158. The summed E-state index contributed by atoms with van der Waals surface area (Å²) in [5.41, 5.74) is 0. The van der Waals surface area contributed by atoms with Gasteiger partial charge in [0.05, 0.1) is 5.75 Å². The summed E-state index contributed by atoms with van der Waals surface area (Å²) in [4.78, 5) is 4.82. The smallest absolute Gasteiger partial charge is 0.136 e. The van der Waals surface area contributed by atoms with Crippen molar-refractivity contribution in [2.45, 2.75) is 10.6 Å². The van der Waals surface area contributed by atoms with Crippen molar-refractivity contribution in [2.75, 3.05) is 0 Å². The lowest BCUT2D eigenvalue weighted by atomic mass is 10.3. The van der Waals surface area contributed by atoms with Gasteiger partial charge in [-0.2, -0.15) is 0 Å². The maximum Gasteiger partial charge on any atom is 0.136 e. The third kappa shape index (κ3) is 2.33.